The second kappa shape index (κ2) is 7.92. The van der Waals surface area contributed by atoms with Crippen LogP contribution in [0.25, 0.3) is 0 Å². The number of benzene rings is 1. The van der Waals surface area contributed by atoms with Crippen LogP contribution >= 0.6 is 0 Å². The molecule has 2 heteroatoms. The van der Waals surface area contributed by atoms with Gasteiger partial charge < -0.3 is 5.73 Å². The lowest BCUT2D eigenvalue weighted by Crippen LogP contribution is -2.31. The SMILES string of the molecule is CCC(C)N(CC)Cc1ccc(C#CCN)cc1. The second-order valence-electron chi connectivity index (χ2n) is 4.52. The molecule has 98 valence electrons. The third kappa shape index (κ3) is 4.52. The summed E-state index contributed by atoms with van der Waals surface area (Å²) >= 11 is 0. The summed E-state index contributed by atoms with van der Waals surface area (Å²) < 4.78 is 0. The van der Waals surface area contributed by atoms with Crippen molar-refractivity contribution in [3.63, 3.8) is 0 Å². The lowest BCUT2D eigenvalue weighted by molar-refractivity contribution is 0.206. The molecule has 0 aliphatic rings. The van der Waals surface area contributed by atoms with Crippen molar-refractivity contribution < 1.29 is 0 Å². The van der Waals surface area contributed by atoms with E-state index in [1.54, 1.807) is 0 Å². The Labute approximate surface area is 111 Å². The van der Waals surface area contributed by atoms with Gasteiger partial charge in [0.2, 0.25) is 0 Å². The molecule has 0 bridgehead atoms. The maximum atomic E-state index is 5.36. The summed E-state index contributed by atoms with van der Waals surface area (Å²) in [4.78, 5) is 2.49. The zero-order valence-electron chi connectivity index (χ0n) is 11.7. The highest BCUT2D eigenvalue weighted by atomic mass is 15.1. The van der Waals surface area contributed by atoms with E-state index in [-0.39, 0.29) is 0 Å². The van der Waals surface area contributed by atoms with Crippen LogP contribution in [0.1, 0.15) is 38.3 Å². The first-order chi connectivity index (χ1) is 8.71. The summed E-state index contributed by atoms with van der Waals surface area (Å²) in [7, 11) is 0. The Morgan fingerprint density at radius 3 is 2.39 bits per heavy atom. The average molecular weight is 244 g/mol. The highest BCUT2D eigenvalue weighted by molar-refractivity contribution is 5.36. The minimum absolute atomic E-state index is 0.416. The summed E-state index contributed by atoms with van der Waals surface area (Å²) in [5.41, 5.74) is 7.74. The van der Waals surface area contributed by atoms with E-state index < -0.39 is 0 Å². The maximum Gasteiger partial charge on any atom is 0.0555 e. The molecule has 0 fully saturated rings. The molecule has 0 aromatic heterocycles. The molecule has 1 aromatic rings. The van der Waals surface area contributed by atoms with Gasteiger partial charge in [0.1, 0.15) is 0 Å². The van der Waals surface area contributed by atoms with Crippen LogP contribution < -0.4 is 5.73 Å². The van der Waals surface area contributed by atoms with Gasteiger partial charge in [0.05, 0.1) is 6.54 Å². The zero-order chi connectivity index (χ0) is 13.4. The van der Waals surface area contributed by atoms with Crippen molar-refractivity contribution in [3.8, 4) is 11.8 Å². The fourth-order valence-electron chi connectivity index (χ4n) is 1.92. The van der Waals surface area contributed by atoms with E-state index in [1.165, 1.54) is 12.0 Å². The monoisotopic (exact) mass is 244 g/mol. The van der Waals surface area contributed by atoms with E-state index in [4.69, 9.17) is 5.73 Å². The molecule has 0 aliphatic carbocycles. The molecule has 1 unspecified atom stereocenters. The summed E-state index contributed by atoms with van der Waals surface area (Å²) in [6.45, 7) is 9.25. The van der Waals surface area contributed by atoms with Gasteiger partial charge in [-0.25, -0.2) is 0 Å². The van der Waals surface area contributed by atoms with E-state index in [1.807, 2.05) is 0 Å². The first-order valence-electron chi connectivity index (χ1n) is 6.73. The van der Waals surface area contributed by atoms with Crippen LogP contribution in [-0.2, 0) is 6.54 Å². The topological polar surface area (TPSA) is 29.3 Å². The van der Waals surface area contributed by atoms with Gasteiger partial charge in [-0.2, -0.15) is 0 Å². The molecule has 0 aliphatic heterocycles. The van der Waals surface area contributed by atoms with Crippen molar-refractivity contribution in [2.45, 2.75) is 39.8 Å². The molecule has 0 spiro atoms. The van der Waals surface area contributed by atoms with Crippen molar-refractivity contribution in [1.82, 2.24) is 4.90 Å². The number of nitrogens with zero attached hydrogens (tertiary/aromatic N) is 1. The van der Waals surface area contributed by atoms with Gasteiger partial charge in [-0.3, -0.25) is 4.90 Å². The van der Waals surface area contributed by atoms with Crippen molar-refractivity contribution in [3.05, 3.63) is 35.4 Å². The Hall–Kier alpha value is -1.30. The van der Waals surface area contributed by atoms with Gasteiger partial charge >= 0.3 is 0 Å². The van der Waals surface area contributed by atoms with E-state index in [0.717, 1.165) is 18.7 Å². The quantitative estimate of drug-likeness (QED) is 0.807. The minimum Gasteiger partial charge on any atom is -0.320 e. The van der Waals surface area contributed by atoms with Gasteiger partial charge in [0.25, 0.3) is 0 Å². The van der Waals surface area contributed by atoms with Crippen LogP contribution in [0.3, 0.4) is 0 Å². The molecule has 0 heterocycles. The molecule has 1 aromatic carbocycles. The molecule has 2 nitrogen and oxygen atoms in total. The Balaban J connectivity index is 2.67. The predicted molar refractivity (Wildman–Crippen MR) is 78.2 cm³/mol. The fraction of sp³-hybridized carbons (Fsp3) is 0.500. The smallest absolute Gasteiger partial charge is 0.0555 e. The standard InChI is InChI=1S/C16H24N2/c1-4-14(3)18(5-2)13-16-10-8-15(9-11-16)7-6-12-17/h8-11,14H,4-5,12-13,17H2,1-3H3. The van der Waals surface area contributed by atoms with Gasteiger partial charge in [-0.15, -0.1) is 0 Å². The molecule has 0 radical (unpaired) electrons. The zero-order valence-corrected chi connectivity index (χ0v) is 11.7. The summed E-state index contributed by atoms with van der Waals surface area (Å²) in [5.74, 6) is 5.91. The predicted octanol–water partition coefficient (Wildman–Crippen LogP) is 2.62. The second-order valence-corrected chi connectivity index (χ2v) is 4.52. The van der Waals surface area contributed by atoms with Crippen molar-refractivity contribution in [1.29, 1.82) is 0 Å². The van der Waals surface area contributed by atoms with Crippen LogP contribution in [0.2, 0.25) is 0 Å². The Morgan fingerprint density at radius 1 is 1.22 bits per heavy atom. The summed E-state index contributed by atoms with van der Waals surface area (Å²) in [6, 6.07) is 9.09. The maximum absolute atomic E-state index is 5.36. The van der Waals surface area contributed by atoms with Crippen LogP contribution in [0.4, 0.5) is 0 Å². The highest BCUT2D eigenvalue weighted by Gasteiger charge is 2.09. The summed E-state index contributed by atoms with van der Waals surface area (Å²) in [5, 5.41) is 0. The normalized spacial score (nSPS) is 12.1. The van der Waals surface area contributed by atoms with E-state index >= 15 is 0 Å². The summed E-state index contributed by atoms with van der Waals surface area (Å²) in [6.07, 6.45) is 1.19. The molecule has 0 amide bonds. The van der Waals surface area contributed by atoms with Crippen LogP contribution in [0.5, 0.6) is 0 Å². The van der Waals surface area contributed by atoms with Crippen molar-refractivity contribution in [2.75, 3.05) is 13.1 Å². The molecule has 0 saturated carbocycles. The third-order valence-corrected chi connectivity index (χ3v) is 3.29. The largest absolute Gasteiger partial charge is 0.320 e. The molecular formula is C16H24N2. The van der Waals surface area contributed by atoms with Gasteiger partial charge in [0, 0.05) is 18.2 Å². The number of hydrogen-bond donors (Lipinski definition) is 1. The molecule has 1 atom stereocenters. The van der Waals surface area contributed by atoms with E-state index in [0.29, 0.717) is 12.6 Å². The molecule has 2 N–H and O–H groups in total. The van der Waals surface area contributed by atoms with Gasteiger partial charge in [-0.05, 0) is 37.6 Å². The lowest BCUT2D eigenvalue weighted by atomic mass is 10.1. The number of nitrogens with two attached hydrogens (primary N) is 1. The Morgan fingerprint density at radius 2 is 1.89 bits per heavy atom. The third-order valence-electron chi connectivity index (χ3n) is 3.29. The molecule has 1 rings (SSSR count). The molecule has 0 saturated heterocycles. The number of hydrogen-bond acceptors (Lipinski definition) is 2. The lowest BCUT2D eigenvalue weighted by Gasteiger charge is -2.26. The first kappa shape index (κ1) is 14.8. The van der Waals surface area contributed by atoms with Crippen LogP contribution in [0.15, 0.2) is 24.3 Å². The number of rotatable bonds is 5. The van der Waals surface area contributed by atoms with E-state index in [2.05, 4.69) is 61.8 Å². The minimum atomic E-state index is 0.416. The highest BCUT2D eigenvalue weighted by Crippen LogP contribution is 2.11. The van der Waals surface area contributed by atoms with Crippen molar-refractivity contribution >= 4 is 0 Å². The molecular weight excluding hydrogens is 220 g/mol. The average Bonchev–Trinajstić information content (AvgIpc) is 2.43. The molecule has 18 heavy (non-hydrogen) atoms. The Kier molecular flexibility index (Phi) is 6.49. The van der Waals surface area contributed by atoms with Crippen LogP contribution in [-0.4, -0.2) is 24.0 Å². The van der Waals surface area contributed by atoms with Gasteiger partial charge in [0.15, 0.2) is 0 Å². The first-order valence-corrected chi connectivity index (χ1v) is 6.73. The van der Waals surface area contributed by atoms with Crippen LogP contribution in [0, 0.1) is 11.8 Å². The van der Waals surface area contributed by atoms with Crippen molar-refractivity contribution in [2.24, 2.45) is 5.73 Å². The fourth-order valence-corrected chi connectivity index (χ4v) is 1.92. The van der Waals surface area contributed by atoms with E-state index in [9.17, 15) is 0 Å². The van der Waals surface area contributed by atoms with Gasteiger partial charge in [-0.1, -0.05) is 37.8 Å². The Bertz CT molecular complexity index is 397.